The number of hydrogen-bond donors (Lipinski definition) is 1. The fraction of sp³-hybridized carbons (Fsp3) is 0.250. The van der Waals surface area contributed by atoms with E-state index in [1.54, 1.807) is 17.4 Å². The number of nitrogens with zero attached hydrogens (tertiary/aromatic N) is 1. The molecule has 5 heteroatoms. The molecule has 1 amide bonds. The zero-order chi connectivity index (χ0) is 12.3. The first-order chi connectivity index (χ1) is 8.22. The normalized spacial score (nSPS) is 10.4. The van der Waals surface area contributed by atoms with E-state index in [1.165, 1.54) is 16.2 Å². The summed E-state index contributed by atoms with van der Waals surface area (Å²) in [7, 11) is 0. The molecule has 17 heavy (non-hydrogen) atoms. The molecule has 2 aromatic heterocycles. The van der Waals surface area contributed by atoms with Crippen LogP contribution in [-0.4, -0.2) is 17.4 Å². The second kappa shape index (κ2) is 5.33. The lowest BCUT2D eigenvalue weighted by Crippen LogP contribution is -2.29. The summed E-state index contributed by atoms with van der Waals surface area (Å²) in [6.45, 7) is 3.33. The monoisotopic (exact) mass is 266 g/mol. The predicted octanol–water partition coefficient (Wildman–Crippen LogP) is 3.05. The van der Waals surface area contributed by atoms with Crippen LogP contribution in [0.2, 0.25) is 0 Å². The van der Waals surface area contributed by atoms with Gasteiger partial charge in [0.05, 0.1) is 12.2 Å². The van der Waals surface area contributed by atoms with Crippen LogP contribution >= 0.6 is 22.7 Å². The summed E-state index contributed by atoms with van der Waals surface area (Å²) in [4.78, 5) is 15.9. The zero-order valence-electron chi connectivity index (χ0n) is 9.55. The Hall–Kier alpha value is -1.33. The van der Waals surface area contributed by atoms with Crippen molar-refractivity contribution in [3.05, 3.63) is 38.7 Å². The molecule has 2 rings (SSSR count). The van der Waals surface area contributed by atoms with E-state index >= 15 is 0 Å². The van der Waals surface area contributed by atoms with Gasteiger partial charge in [0.15, 0.2) is 0 Å². The maximum Gasteiger partial charge on any atom is 0.266 e. The molecular weight excluding hydrogens is 252 g/mol. The van der Waals surface area contributed by atoms with Crippen LogP contribution in [0, 0.1) is 0 Å². The molecule has 0 atom stereocenters. The van der Waals surface area contributed by atoms with Gasteiger partial charge in [0.2, 0.25) is 0 Å². The van der Waals surface area contributed by atoms with E-state index in [2.05, 4.69) is 0 Å². The number of thiophene rings is 2. The Kier molecular flexibility index (Phi) is 3.81. The lowest BCUT2D eigenvalue weighted by molar-refractivity contribution is 0.0760. The average molecular weight is 266 g/mol. The first-order valence-corrected chi connectivity index (χ1v) is 7.13. The highest BCUT2D eigenvalue weighted by Crippen LogP contribution is 2.22. The third kappa shape index (κ3) is 2.68. The fourth-order valence-electron chi connectivity index (χ4n) is 1.55. The van der Waals surface area contributed by atoms with E-state index in [0.717, 1.165) is 0 Å². The van der Waals surface area contributed by atoms with Crippen molar-refractivity contribution in [1.82, 2.24) is 4.90 Å². The quantitative estimate of drug-likeness (QED) is 0.924. The van der Waals surface area contributed by atoms with Gasteiger partial charge in [0.1, 0.15) is 4.88 Å². The van der Waals surface area contributed by atoms with Crippen molar-refractivity contribution in [2.24, 2.45) is 0 Å². The summed E-state index contributed by atoms with van der Waals surface area (Å²) in [5.41, 5.74) is 6.35. The summed E-state index contributed by atoms with van der Waals surface area (Å²) in [6.07, 6.45) is 0. The lowest BCUT2D eigenvalue weighted by Gasteiger charge is -2.19. The van der Waals surface area contributed by atoms with Crippen LogP contribution in [0.5, 0.6) is 0 Å². The minimum Gasteiger partial charge on any atom is -0.397 e. The second-order valence-corrected chi connectivity index (χ2v) is 5.55. The molecule has 2 heterocycles. The van der Waals surface area contributed by atoms with Crippen LogP contribution in [0.4, 0.5) is 5.69 Å². The molecule has 0 fully saturated rings. The Labute approximate surface area is 108 Å². The number of anilines is 1. The summed E-state index contributed by atoms with van der Waals surface area (Å²) in [5.74, 6) is 0.0217. The summed E-state index contributed by atoms with van der Waals surface area (Å²) in [6, 6.07) is 5.81. The molecule has 0 saturated carbocycles. The van der Waals surface area contributed by atoms with E-state index in [4.69, 9.17) is 5.73 Å². The Morgan fingerprint density at radius 1 is 1.35 bits per heavy atom. The molecule has 2 N–H and O–H groups in total. The second-order valence-electron chi connectivity index (χ2n) is 3.60. The lowest BCUT2D eigenvalue weighted by atomic mass is 10.3. The van der Waals surface area contributed by atoms with Gasteiger partial charge >= 0.3 is 0 Å². The number of nitrogen functional groups attached to an aromatic ring is 1. The van der Waals surface area contributed by atoms with Crippen molar-refractivity contribution in [1.29, 1.82) is 0 Å². The van der Waals surface area contributed by atoms with Gasteiger partial charge in [-0.05, 0) is 29.8 Å². The molecular formula is C12H14N2OS2. The van der Waals surface area contributed by atoms with Crippen molar-refractivity contribution >= 4 is 34.3 Å². The first kappa shape index (κ1) is 12.1. The molecule has 0 bridgehead atoms. The van der Waals surface area contributed by atoms with E-state index in [1.807, 2.05) is 34.7 Å². The number of hydrogen-bond acceptors (Lipinski definition) is 4. The molecule has 2 aromatic rings. The van der Waals surface area contributed by atoms with E-state index in [-0.39, 0.29) is 5.91 Å². The van der Waals surface area contributed by atoms with Crippen LogP contribution in [-0.2, 0) is 6.54 Å². The van der Waals surface area contributed by atoms with Gasteiger partial charge < -0.3 is 10.6 Å². The summed E-state index contributed by atoms with van der Waals surface area (Å²) >= 11 is 3.06. The largest absolute Gasteiger partial charge is 0.397 e. The molecule has 0 unspecified atom stereocenters. The predicted molar refractivity (Wildman–Crippen MR) is 73.5 cm³/mol. The molecule has 0 saturated heterocycles. The Morgan fingerprint density at radius 2 is 2.18 bits per heavy atom. The van der Waals surface area contributed by atoms with Crippen molar-refractivity contribution in [3.8, 4) is 0 Å². The molecule has 0 spiro atoms. The van der Waals surface area contributed by atoms with Crippen LogP contribution in [0.25, 0.3) is 0 Å². The molecule has 0 radical (unpaired) electrons. The summed E-state index contributed by atoms with van der Waals surface area (Å²) in [5, 5.41) is 3.87. The number of carbonyl (C=O) groups is 1. The smallest absolute Gasteiger partial charge is 0.266 e. The van der Waals surface area contributed by atoms with Crippen LogP contribution in [0.15, 0.2) is 29.0 Å². The van der Waals surface area contributed by atoms with Gasteiger partial charge in [0, 0.05) is 11.4 Å². The minimum absolute atomic E-state index is 0.0217. The molecule has 0 aliphatic carbocycles. The highest BCUT2D eigenvalue weighted by atomic mass is 32.1. The number of rotatable bonds is 4. The first-order valence-electron chi connectivity index (χ1n) is 5.37. The SMILES string of the molecule is CCN(Cc1cccs1)C(=O)c1sccc1N. The van der Waals surface area contributed by atoms with Crippen molar-refractivity contribution in [3.63, 3.8) is 0 Å². The number of amides is 1. The average Bonchev–Trinajstić information content (AvgIpc) is 2.96. The third-order valence-corrected chi connectivity index (χ3v) is 4.26. The molecule has 3 nitrogen and oxygen atoms in total. The zero-order valence-corrected chi connectivity index (χ0v) is 11.2. The van der Waals surface area contributed by atoms with Crippen LogP contribution < -0.4 is 5.73 Å². The molecule has 0 aliphatic rings. The maximum atomic E-state index is 12.2. The van der Waals surface area contributed by atoms with Gasteiger partial charge in [-0.15, -0.1) is 22.7 Å². The molecule has 90 valence electrons. The highest BCUT2D eigenvalue weighted by molar-refractivity contribution is 7.12. The third-order valence-electron chi connectivity index (χ3n) is 2.49. The highest BCUT2D eigenvalue weighted by Gasteiger charge is 2.18. The molecule has 0 aliphatic heterocycles. The number of nitrogens with two attached hydrogens (primary N) is 1. The van der Waals surface area contributed by atoms with E-state index < -0.39 is 0 Å². The standard InChI is InChI=1S/C12H14N2OS2/c1-2-14(8-9-4-3-6-16-9)12(15)11-10(13)5-7-17-11/h3-7H,2,8,13H2,1H3. The summed E-state index contributed by atoms with van der Waals surface area (Å²) < 4.78 is 0. The van der Waals surface area contributed by atoms with Gasteiger partial charge in [-0.1, -0.05) is 6.07 Å². The van der Waals surface area contributed by atoms with Crippen LogP contribution in [0.1, 0.15) is 21.5 Å². The van der Waals surface area contributed by atoms with Crippen molar-refractivity contribution in [2.45, 2.75) is 13.5 Å². The van der Waals surface area contributed by atoms with E-state index in [9.17, 15) is 4.79 Å². The van der Waals surface area contributed by atoms with Gasteiger partial charge in [0.25, 0.3) is 5.91 Å². The van der Waals surface area contributed by atoms with Gasteiger partial charge in [-0.3, -0.25) is 4.79 Å². The maximum absolute atomic E-state index is 12.2. The molecule has 0 aromatic carbocycles. The minimum atomic E-state index is 0.0217. The van der Waals surface area contributed by atoms with Gasteiger partial charge in [-0.25, -0.2) is 0 Å². The Balaban J connectivity index is 2.14. The Morgan fingerprint density at radius 3 is 2.71 bits per heavy atom. The fourth-order valence-corrected chi connectivity index (χ4v) is 3.06. The van der Waals surface area contributed by atoms with Crippen molar-refractivity contribution < 1.29 is 4.79 Å². The Bertz CT molecular complexity index is 490. The van der Waals surface area contributed by atoms with E-state index in [0.29, 0.717) is 23.7 Å². The van der Waals surface area contributed by atoms with Crippen molar-refractivity contribution in [2.75, 3.05) is 12.3 Å². The topological polar surface area (TPSA) is 46.3 Å². The van der Waals surface area contributed by atoms with Gasteiger partial charge in [-0.2, -0.15) is 0 Å². The number of carbonyl (C=O) groups excluding carboxylic acids is 1. The van der Waals surface area contributed by atoms with Crippen LogP contribution in [0.3, 0.4) is 0 Å².